The van der Waals surface area contributed by atoms with Crippen LogP contribution in [-0.2, 0) is 11.3 Å². The molecule has 108 valence electrons. The van der Waals surface area contributed by atoms with E-state index in [1.807, 2.05) is 18.5 Å². The molecule has 0 atom stereocenters. The molecule has 0 saturated carbocycles. The molecule has 0 aromatic carbocycles. The van der Waals surface area contributed by atoms with Gasteiger partial charge < -0.3 is 15.0 Å². The lowest BCUT2D eigenvalue weighted by Crippen LogP contribution is -2.37. The van der Waals surface area contributed by atoms with E-state index in [9.17, 15) is 0 Å². The zero-order valence-electron chi connectivity index (χ0n) is 11.8. The van der Waals surface area contributed by atoms with E-state index in [4.69, 9.17) is 4.74 Å². The summed E-state index contributed by atoms with van der Waals surface area (Å²) in [6, 6.07) is 4.10. The summed E-state index contributed by atoms with van der Waals surface area (Å²) in [4.78, 5) is 9.99. The number of fused-ring (bicyclic) bond motifs is 1. The zero-order valence-corrected chi connectivity index (χ0v) is 11.8. The van der Waals surface area contributed by atoms with Crippen LogP contribution in [0.2, 0.25) is 0 Å². The van der Waals surface area contributed by atoms with Crippen molar-refractivity contribution in [1.82, 2.24) is 20.2 Å². The molecule has 3 rings (SSSR count). The molecule has 0 spiro atoms. The fourth-order valence-corrected chi connectivity index (χ4v) is 2.63. The second-order valence-electron chi connectivity index (χ2n) is 5.20. The second-order valence-corrected chi connectivity index (χ2v) is 5.20. The molecule has 2 aromatic heterocycles. The molecule has 1 saturated heterocycles. The highest BCUT2D eigenvalue weighted by molar-refractivity contribution is 5.79. The summed E-state index contributed by atoms with van der Waals surface area (Å²) in [6.45, 7) is 7.03. The molecule has 0 aliphatic carbocycles. The van der Waals surface area contributed by atoms with Crippen LogP contribution in [0.5, 0.6) is 0 Å². The lowest BCUT2D eigenvalue weighted by atomic mass is 10.2. The van der Waals surface area contributed by atoms with Crippen LogP contribution in [-0.4, -0.2) is 54.3 Å². The number of aromatic nitrogens is 2. The Morgan fingerprint density at radius 2 is 2.25 bits per heavy atom. The Morgan fingerprint density at radius 1 is 1.35 bits per heavy atom. The van der Waals surface area contributed by atoms with Gasteiger partial charge in [-0.3, -0.25) is 4.90 Å². The van der Waals surface area contributed by atoms with E-state index in [1.165, 1.54) is 17.4 Å². The summed E-state index contributed by atoms with van der Waals surface area (Å²) in [5.41, 5.74) is 2.26. The quantitative estimate of drug-likeness (QED) is 0.781. The zero-order chi connectivity index (χ0) is 13.6. The van der Waals surface area contributed by atoms with Crippen molar-refractivity contribution in [2.75, 3.05) is 39.4 Å². The molecule has 5 nitrogen and oxygen atoms in total. The van der Waals surface area contributed by atoms with Crippen LogP contribution in [0.1, 0.15) is 12.0 Å². The molecular formula is C15H22N4O. The Hall–Kier alpha value is -1.43. The number of hydrogen-bond acceptors (Lipinski definition) is 4. The maximum Gasteiger partial charge on any atom is 0.137 e. The number of H-pyrrole nitrogens is 1. The summed E-state index contributed by atoms with van der Waals surface area (Å²) in [5.74, 6) is 0. The van der Waals surface area contributed by atoms with E-state index in [0.29, 0.717) is 0 Å². The Kier molecular flexibility index (Phi) is 4.63. The van der Waals surface area contributed by atoms with Crippen molar-refractivity contribution in [1.29, 1.82) is 0 Å². The van der Waals surface area contributed by atoms with Gasteiger partial charge in [0, 0.05) is 37.4 Å². The standard InChI is InChI=1S/C15H22N4O/c1-3-14-13(12-18-15(14)17-5-1)11-16-4-2-6-19-7-9-20-10-8-19/h1,3,5,12,16H,2,4,6-11H2,(H,17,18). The van der Waals surface area contributed by atoms with Crippen molar-refractivity contribution in [3.63, 3.8) is 0 Å². The molecule has 5 heteroatoms. The largest absolute Gasteiger partial charge is 0.379 e. The molecule has 1 aliphatic heterocycles. The molecule has 3 heterocycles. The Labute approximate surface area is 119 Å². The highest BCUT2D eigenvalue weighted by Gasteiger charge is 2.09. The van der Waals surface area contributed by atoms with Crippen molar-refractivity contribution in [2.24, 2.45) is 0 Å². The maximum absolute atomic E-state index is 5.35. The predicted octanol–water partition coefficient (Wildman–Crippen LogP) is 1.37. The number of rotatable bonds is 6. The van der Waals surface area contributed by atoms with Crippen molar-refractivity contribution in [2.45, 2.75) is 13.0 Å². The van der Waals surface area contributed by atoms with Gasteiger partial charge in [-0.15, -0.1) is 0 Å². The molecule has 1 aliphatic rings. The first-order chi connectivity index (χ1) is 9.93. The second kappa shape index (κ2) is 6.83. The lowest BCUT2D eigenvalue weighted by molar-refractivity contribution is 0.0374. The molecule has 2 aromatic rings. The molecule has 20 heavy (non-hydrogen) atoms. The average Bonchev–Trinajstić information content (AvgIpc) is 2.91. The molecule has 0 unspecified atom stereocenters. The number of hydrogen-bond donors (Lipinski definition) is 2. The minimum atomic E-state index is 0.885. The Balaban J connectivity index is 1.39. The lowest BCUT2D eigenvalue weighted by Gasteiger charge is -2.26. The summed E-state index contributed by atoms with van der Waals surface area (Å²) >= 11 is 0. The van der Waals surface area contributed by atoms with E-state index in [0.717, 1.165) is 51.6 Å². The van der Waals surface area contributed by atoms with Gasteiger partial charge in [-0.25, -0.2) is 4.98 Å². The number of nitrogens with zero attached hydrogens (tertiary/aromatic N) is 2. The topological polar surface area (TPSA) is 53.2 Å². The van der Waals surface area contributed by atoms with Crippen LogP contribution in [0.25, 0.3) is 11.0 Å². The van der Waals surface area contributed by atoms with E-state index < -0.39 is 0 Å². The Morgan fingerprint density at radius 3 is 3.15 bits per heavy atom. The predicted molar refractivity (Wildman–Crippen MR) is 79.7 cm³/mol. The van der Waals surface area contributed by atoms with Crippen molar-refractivity contribution in [3.8, 4) is 0 Å². The van der Waals surface area contributed by atoms with Crippen LogP contribution in [0.15, 0.2) is 24.5 Å². The van der Waals surface area contributed by atoms with Crippen LogP contribution in [0.3, 0.4) is 0 Å². The summed E-state index contributed by atoms with van der Waals surface area (Å²) in [5, 5.41) is 4.73. The van der Waals surface area contributed by atoms with E-state index in [-0.39, 0.29) is 0 Å². The van der Waals surface area contributed by atoms with Gasteiger partial charge in [-0.05, 0) is 37.2 Å². The fourth-order valence-electron chi connectivity index (χ4n) is 2.63. The molecule has 0 bridgehead atoms. The van der Waals surface area contributed by atoms with Gasteiger partial charge in [0.2, 0.25) is 0 Å². The van der Waals surface area contributed by atoms with Crippen molar-refractivity contribution >= 4 is 11.0 Å². The highest BCUT2D eigenvalue weighted by Crippen LogP contribution is 2.14. The third-order valence-corrected chi connectivity index (χ3v) is 3.78. The highest BCUT2D eigenvalue weighted by atomic mass is 16.5. The normalized spacial score (nSPS) is 16.8. The number of ether oxygens (including phenoxy) is 1. The van der Waals surface area contributed by atoms with Crippen LogP contribution < -0.4 is 5.32 Å². The number of pyridine rings is 1. The summed E-state index contributed by atoms with van der Waals surface area (Å²) < 4.78 is 5.35. The Bertz CT molecular complexity index is 533. The third-order valence-electron chi connectivity index (χ3n) is 3.78. The van der Waals surface area contributed by atoms with E-state index in [1.54, 1.807) is 0 Å². The number of morpholine rings is 1. The van der Waals surface area contributed by atoms with Crippen molar-refractivity contribution in [3.05, 3.63) is 30.1 Å². The SMILES string of the molecule is c1cnc2[nH]cc(CNCCCN3CCOCC3)c2c1. The van der Waals surface area contributed by atoms with Crippen LogP contribution in [0.4, 0.5) is 0 Å². The minimum absolute atomic E-state index is 0.885. The number of aromatic amines is 1. The summed E-state index contributed by atoms with van der Waals surface area (Å²) in [6.07, 6.45) is 5.05. The molecule has 2 N–H and O–H groups in total. The molecular weight excluding hydrogens is 252 g/mol. The maximum atomic E-state index is 5.35. The van der Waals surface area contributed by atoms with Crippen LogP contribution in [0, 0.1) is 0 Å². The fraction of sp³-hybridized carbons (Fsp3) is 0.533. The molecule has 0 radical (unpaired) electrons. The van der Waals surface area contributed by atoms with Crippen molar-refractivity contribution < 1.29 is 4.74 Å². The van der Waals surface area contributed by atoms with Gasteiger partial charge in [0.25, 0.3) is 0 Å². The van der Waals surface area contributed by atoms with E-state index >= 15 is 0 Å². The van der Waals surface area contributed by atoms with Gasteiger partial charge in [-0.2, -0.15) is 0 Å². The molecule has 0 amide bonds. The van der Waals surface area contributed by atoms with Gasteiger partial charge in [0.1, 0.15) is 5.65 Å². The smallest absolute Gasteiger partial charge is 0.137 e. The number of nitrogens with one attached hydrogen (secondary N) is 2. The third kappa shape index (κ3) is 3.36. The molecule has 1 fully saturated rings. The van der Waals surface area contributed by atoms with Gasteiger partial charge >= 0.3 is 0 Å². The van der Waals surface area contributed by atoms with Gasteiger partial charge in [0.05, 0.1) is 13.2 Å². The van der Waals surface area contributed by atoms with E-state index in [2.05, 4.69) is 26.3 Å². The first-order valence-corrected chi connectivity index (χ1v) is 7.35. The minimum Gasteiger partial charge on any atom is -0.379 e. The first-order valence-electron chi connectivity index (χ1n) is 7.35. The van der Waals surface area contributed by atoms with Crippen LogP contribution >= 0.6 is 0 Å². The first kappa shape index (κ1) is 13.5. The average molecular weight is 274 g/mol. The summed E-state index contributed by atoms with van der Waals surface area (Å²) in [7, 11) is 0. The van der Waals surface area contributed by atoms with Gasteiger partial charge in [-0.1, -0.05) is 0 Å². The van der Waals surface area contributed by atoms with Gasteiger partial charge in [0.15, 0.2) is 0 Å². The monoisotopic (exact) mass is 274 g/mol.